The molecule has 5 heteroatoms. The number of hydrogen-bond acceptors (Lipinski definition) is 4. The van der Waals surface area contributed by atoms with E-state index in [2.05, 4.69) is 5.32 Å². The van der Waals surface area contributed by atoms with E-state index in [-0.39, 0.29) is 11.2 Å². The topological polar surface area (TPSA) is 68.5 Å². The second kappa shape index (κ2) is 6.48. The summed E-state index contributed by atoms with van der Waals surface area (Å²) in [5, 5.41) is 3.56. The van der Waals surface area contributed by atoms with Crippen LogP contribution in [0.5, 0.6) is 0 Å². The van der Waals surface area contributed by atoms with Crippen molar-refractivity contribution < 1.29 is 13.9 Å². The Morgan fingerprint density at radius 2 is 1.78 bits per heavy atom. The number of ether oxygens (including phenoxy) is 1. The minimum Gasteiger partial charge on any atom is -0.422 e. The van der Waals surface area contributed by atoms with E-state index in [1.54, 1.807) is 18.2 Å². The molecule has 4 aliphatic rings. The first kappa shape index (κ1) is 17.0. The van der Waals surface area contributed by atoms with E-state index in [9.17, 15) is 9.59 Å². The third kappa shape index (κ3) is 3.18. The Bertz CT molecular complexity index is 896. The lowest BCUT2D eigenvalue weighted by molar-refractivity contribution is -0.160. The van der Waals surface area contributed by atoms with Crippen LogP contribution >= 0.6 is 0 Å². The van der Waals surface area contributed by atoms with Crippen LogP contribution in [0.4, 0.5) is 0 Å². The standard InChI is InChI=1S/C22H25NO4/c24-20(18-10-17-3-1-2-4-19(17)27-21(18)25)23-5-6-26-22-11-14-7-15(12-22)9-16(8-14)13-22/h1-4,10,14-16H,5-9,11-13H2,(H,23,24). The predicted octanol–water partition coefficient (Wildman–Crippen LogP) is 3.51. The number of fused-ring (bicyclic) bond motifs is 1. The highest BCUT2D eigenvalue weighted by Gasteiger charge is 2.51. The lowest BCUT2D eigenvalue weighted by Crippen LogP contribution is -2.52. The molecule has 6 rings (SSSR count). The Labute approximate surface area is 158 Å². The molecule has 1 N–H and O–H groups in total. The average molecular weight is 367 g/mol. The summed E-state index contributed by atoms with van der Waals surface area (Å²) in [4.78, 5) is 24.5. The van der Waals surface area contributed by atoms with E-state index in [0.717, 1.165) is 23.1 Å². The molecule has 1 amide bonds. The molecule has 4 aliphatic carbocycles. The number of carbonyl (C=O) groups excluding carboxylic acids is 1. The third-order valence-corrected chi connectivity index (χ3v) is 6.66. The number of amides is 1. The lowest BCUT2D eigenvalue weighted by Gasteiger charge is -2.56. The molecule has 1 aromatic carbocycles. The number of nitrogens with one attached hydrogen (secondary N) is 1. The maximum absolute atomic E-state index is 12.4. The van der Waals surface area contributed by atoms with Gasteiger partial charge in [-0.05, 0) is 68.4 Å². The summed E-state index contributed by atoms with van der Waals surface area (Å²) >= 11 is 0. The van der Waals surface area contributed by atoms with Crippen LogP contribution in [0.25, 0.3) is 11.0 Å². The van der Waals surface area contributed by atoms with Gasteiger partial charge in [0.1, 0.15) is 11.1 Å². The number of carbonyl (C=O) groups is 1. The van der Waals surface area contributed by atoms with E-state index in [1.165, 1.54) is 38.5 Å². The van der Waals surface area contributed by atoms with E-state index < -0.39 is 11.5 Å². The molecule has 0 atom stereocenters. The molecule has 142 valence electrons. The summed E-state index contributed by atoms with van der Waals surface area (Å²) < 4.78 is 11.5. The highest BCUT2D eigenvalue weighted by molar-refractivity contribution is 5.96. The third-order valence-electron chi connectivity index (χ3n) is 6.66. The highest BCUT2D eigenvalue weighted by atomic mass is 16.5. The number of rotatable bonds is 5. The van der Waals surface area contributed by atoms with Crippen molar-refractivity contribution in [3.63, 3.8) is 0 Å². The lowest BCUT2D eigenvalue weighted by atomic mass is 9.54. The van der Waals surface area contributed by atoms with Crippen LogP contribution in [0.2, 0.25) is 0 Å². The van der Waals surface area contributed by atoms with Crippen molar-refractivity contribution in [1.29, 1.82) is 0 Å². The van der Waals surface area contributed by atoms with Crippen LogP contribution in [0.1, 0.15) is 48.9 Å². The minimum atomic E-state index is -0.604. The Kier molecular flexibility index (Phi) is 4.08. The summed E-state index contributed by atoms with van der Waals surface area (Å²) in [6.07, 6.45) is 7.70. The van der Waals surface area contributed by atoms with Crippen LogP contribution in [0.3, 0.4) is 0 Å². The van der Waals surface area contributed by atoms with Crippen molar-refractivity contribution >= 4 is 16.9 Å². The molecule has 2 aromatic rings. The van der Waals surface area contributed by atoms with Gasteiger partial charge >= 0.3 is 5.63 Å². The fraction of sp³-hybridized carbons (Fsp3) is 0.545. The molecule has 1 heterocycles. The molecule has 0 radical (unpaired) electrons. The second-order valence-corrected chi connectivity index (χ2v) is 8.69. The monoisotopic (exact) mass is 367 g/mol. The summed E-state index contributed by atoms with van der Waals surface area (Å²) in [5.41, 5.74) is -0.0255. The van der Waals surface area contributed by atoms with Gasteiger partial charge in [-0.25, -0.2) is 4.79 Å². The quantitative estimate of drug-likeness (QED) is 0.649. The zero-order chi connectivity index (χ0) is 18.4. The Morgan fingerprint density at radius 3 is 2.48 bits per heavy atom. The molecule has 1 aromatic heterocycles. The number of para-hydroxylation sites is 1. The van der Waals surface area contributed by atoms with E-state index in [4.69, 9.17) is 9.15 Å². The molecule has 4 bridgehead atoms. The Morgan fingerprint density at radius 1 is 1.11 bits per heavy atom. The smallest absolute Gasteiger partial charge is 0.349 e. The molecule has 0 aliphatic heterocycles. The fourth-order valence-corrected chi connectivity index (χ4v) is 5.96. The van der Waals surface area contributed by atoms with Crippen LogP contribution in [0.15, 0.2) is 39.5 Å². The molecule has 4 fully saturated rings. The van der Waals surface area contributed by atoms with Gasteiger partial charge in [0.05, 0.1) is 12.2 Å². The van der Waals surface area contributed by atoms with Gasteiger partial charge in [0.2, 0.25) is 0 Å². The first-order chi connectivity index (χ1) is 13.1. The molecular formula is C22H25NO4. The second-order valence-electron chi connectivity index (χ2n) is 8.69. The van der Waals surface area contributed by atoms with E-state index in [1.807, 2.05) is 12.1 Å². The number of benzene rings is 1. The van der Waals surface area contributed by atoms with Gasteiger partial charge < -0.3 is 14.5 Å². The zero-order valence-corrected chi connectivity index (χ0v) is 15.4. The predicted molar refractivity (Wildman–Crippen MR) is 102 cm³/mol. The van der Waals surface area contributed by atoms with Crippen molar-refractivity contribution in [3.05, 3.63) is 46.3 Å². The molecule has 27 heavy (non-hydrogen) atoms. The molecule has 0 spiro atoms. The average Bonchev–Trinajstić information content (AvgIpc) is 2.63. The van der Waals surface area contributed by atoms with Crippen molar-refractivity contribution in [1.82, 2.24) is 5.32 Å². The van der Waals surface area contributed by atoms with Gasteiger partial charge in [0, 0.05) is 11.9 Å². The number of hydrogen-bond donors (Lipinski definition) is 1. The Hall–Kier alpha value is -2.14. The summed E-state index contributed by atoms with van der Waals surface area (Å²) in [5.74, 6) is 2.12. The Balaban J connectivity index is 1.19. The van der Waals surface area contributed by atoms with Crippen molar-refractivity contribution in [2.24, 2.45) is 17.8 Å². The molecule has 0 saturated heterocycles. The van der Waals surface area contributed by atoms with Crippen LogP contribution < -0.4 is 10.9 Å². The normalized spacial score (nSPS) is 31.3. The van der Waals surface area contributed by atoms with Crippen LogP contribution in [0, 0.1) is 17.8 Å². The van der Waals surface area contributed by atoms with Gasteiger partial charge in [-0.1, -0.05) is 18.2 Å². The summed E-state index contributed by atoms with van der Waals surface area (Å²) in [7, 11) is 0. The molecule has 0 unspecified atom stereocenters. The first-order valence-electron chi connectivity index (χ1n) is 10.1. The van der Waals surface area contributed by atoms with Crippen molar-refractivity contribution in [2.75, 3.05) is 13.2 Å². The van der Waals surface area contributed by atoms with E-state index >= 15 is 0 Å². The van der Waals surface area contributed by atoms with E-state index in [0.29, 0.717) is 18.7 Å². The van der Waals surface area contributed by atoms with Crippen molar-refractivity contribution in [3.8, 4) is 0 Å². The molecular weight excluding hydrogens is 342 g/mol. The van der Waals surface area contributed by atoms with Gasteiger partial charge in [0.15, 0.2) is 0 Å². The fourth-order valence-electron chi connectivity index (χ4n) is 5.96. The van der Waals surface area contributed by atoms with Gasteiger partial charge in [-0.15, -0.1) is 0 Å². The summed E-state index contributed by atoms with van der Waals surface area (Å²) in [6.45, 7) is 0.906. The first-order valence-corrected chi connectivity index (χ1v) is 10.1. The SMILES string of the molecule is O=C(NCCOC12CC3CC(CC(C3)C1)C2)c1cc2ccccc2oc1=O. The van der Waals surface area contributed by atoms with Crippen LogP contribution in [-0.4, -0.2) is 24.7 Å². The van der Waals surface area contributed by atoms with Gasteiger partial charge in [-0.2, -0.15) is 0 Å². The zero-order valence-electron chi connectivity index (χ0n) is 15.4. The maximum atomic E-state index is 12.4. The van der Waals surface area contributed by atoms with Gasteiger partial charge in [-0.3, -0.25) is 4.79 Å². The summed E-state index contributed by atoms with van der Waals surface area (Å²) in [6, 6.07) is 8.79. The minimum absolute atomic E-state index is 0.0431. The molecule has 5 nitrogen and oxygen atoms in total. The highest BCUT2D eigenvalue weighted by Crippen LogP contribution is 2.57. The maximum Gasteiger partial charge on any atom is 0.349 e. The largest absolute Gasteiger partial charge is 0.422 e. The van der Waals surface area contributed by atoms with Crippen LogP contribution in [-0.2, 0) is 4.74 Å². The molecule has 4 saturated carbocycles. The van der Waals surface area contributed by atoms with Crippen molar-refractivity contribution in [2.45, 2.75) is 44.1 Å². The van der Waals surface area contributed by atoms with Gasteiger partial charge in [0.25, 0.3) is 5.91 Å².